The third-order valence-corrected chi connectivity index (χ3v) is 7.80. The van der Waals surface area contributed by atoms with E-state index in [1.54, 1.807) is 6.07 Å². The minimum atomic E-state index is -3.01. The van der Waals surface area contributed by atoms with E-state index in [1.807, 2.05) is 66.9 Å². The largest absolute Gasteiger partial charge is 0.484 e. The number of sulfone groups is 1. The summed E-state index contributed by atoms with van der Waals surface area (Å²) in [6, 6.07) is 17.1. The molecular weight excluding hydrogens is 434 g/mol. The van der Waals surface area contributed by atoms with Crippen molar-refractivity contribution in [3.05, 3.63) is 76.6 Å². The van der Waals surface area contributed by atoms with Crippen molar-refractivity contribution in [1.82, 2.24) is 4.57 Å². The van der Waals surface area contributed by atoms with Crippen molar-refractivity contribution in [2.24, 2.45) is 0 Å². The van der Waals surface area contributed by atoms with E-state index >= 15 is 0 Å². The zero-order chi connectivity index (χ0) is 22.2. The van der Waals surface area contributed by atoms with Crippen LogP contribution in [0.5, 0.6) is 5.75 Å². The summed E-state index contributed by atoms with van der Waals surface area (Å²) in [7, 11) is -3.01. The summed E-state index contributed by atoms with van der Waals surface area (Å²) in [5, 5.41) is 0.441. The minimum absolute atomic E-state index is 0.118. The fourth-order valence-corrected chi connectivity index (χ4v) is 6.18. The van der Waals surface area contributed by atoms with Gasteiger partial charge in [0.2, 0.25) is 5.78 Å². The third-order valence-electron chi connectivity index (χ3n) is 5.76. The average molecular weight is 458 g/mol. The monoisotopic (exact) mass is 457 g/mol. The lowest BCUT2D eigenvalue weighted by Gasteiger charge is -2.16. The molecule has 1 aromatic heterocycles. The van der Waals surface area contributed by atoms with E-state index in [1.165, 1.54) is 0 Å². The van der Waals surface area contributed by atoms with Crippen molar-refractivity contribution in [3.8, 4) is 16.9 Å². The normalized spacial score (nSPS) is 17.6. The van der Waals surface area contributed by atoms with E-state index in [2.05, 4.69) is 0 Å². The van der Waals surface area contributed by atoms with E-state index < -0.39 is 9.84 Å². The van der Waals surface area contributed by atoms with Gasteiger partial charge in [0.15, 0.2) is 16.4 Å². The maximum atomic E-state index is 12.8. The first-order valence-corrected chi connectivity index (χ1v) is 12.3. The highest BCUT2D eigenvalue weighted by molar-refractivity contribution is 7.91. The number of carbonyl (C=O) groups is 1. The Morgan fingerprint density at radius 2 is 1.84 bits per heavy atom. The highest BCUT2D eigenvalue weighted by Gasteiger charge is 2.31. The van der Waals surface area contributed by atoms with Gasteiger partial charge >= 0.3 is 0 Å². The smallest absolute Gasteiger partial charge is 0.202 e. The Bertz CT molecular complexity index is 1230. The van der Waals surface area contributed by atoms with Gasteiger partial charge in [0.25, 0.3) is 0 Å². The molecule has 2 aromatic carbocycles. The van der Waals surface area contributed by atoms with Gasteiger partial charge in [-0.3, -0.25) is 4.79 Å². The molecule has 31 heavy (non-hydrogen) atoms. The number of rotatable bonds is 6. The number of hydrogen-bond donors (Lipinski definition) is 0. The first-order valence-electron chi connectivity index (χ1n) is 10.1. The second-order valence-electron chi connectivity index (χ2n) is 7.93. The van der Waals surface area contributed by atoms with Crippen molar-refractivity contribution >= 4 is 27.2 Å². The maximum absolute atomic E-state index is 12.8. The van der Waals surface area contributed by atoms with Crippen LogP contribution >= 0.6 is 11.6 Å². The predicted octanol–water partition coefficient (Wildman–Crippen LogP) is 5.05. The number of aromatic nitrogens is 1. The molecule has 7 heteroatoms. The molecule has 0 unspecified atom stereocenters. The number of aryl methyl sites for hydroxylation is 1. The number of carbonyl (C=O) groups excluding carboxylic acids is 1. The number of ether oxygens (including phenoxy) is 1. The Labute approximate surface area is 187 Å². The van der Waals surface area contributed by atoms with Gasteiger partial charge in [0.05, 0.1) is 16.5 Å². The first-order chi connectivity index (χ1) is 14.7. The first kappa shape index (κ1) is 21.7. The molecular formula is C24H24ClNO4S. The SMILES string of the molecule is Cc1cc(C(=O)COc2ccc(-c3ccccc3)cc2Cl)c(C)n1[C@H]1CCS(=O)(=O)C1. The average Bonchev–Trinajstić information content (AvgIpc) is 3.25. The molecule has 0 N–H and O–H groups in total. The number of hydrogen-bond acceptors (Lipinski definition) is 4. The number of Topliss-reactive ketones (excluding diaryl/α,β-unsaturated/α-hetero) is 1. The molecule has 1 aliphatic heterocycles. The number of halogens is 1. The second kappa shape index (κ2) is 8.52. The maximum Gasteiger partial charge on any atom is 0.202 e. The van der Waals surface area contributed by atoms with Gasteiger partial charge in [0.1, 0.15) is 5.75 Å². The van der Waals surface area contributed by atoms with Crippen LogP contribution < -0.4 is 4.74 Å². The highest BCUT2D eigenvalue weighted by atomic mass is 35.5. The Hall–Kier alpha value is -2.57. The lowest BCUT2D eigenvalue weighted by molar-refractivity contribution is 0.0921. The van der Waals surface area contributed by atoms with E-state index in [4.69, 9.17) is 16.3 Å². The van der Waals surface area contributed by atoms with E-state index in [-0.39, 0.29) is 29.9 Å². The molecule has 0 amide bonds. The van der Waals surface area contributed by atoms with Crippen molar-refractivity contribution in [3.63, 3.8) is 0 Å². The molecule has 5 nitrogen and oxygen atoms in total. The predicted molar refractivity (Wildman–Crippen MR) is 123 cm³/mol. The van der Waals surface area contributed by atoms with Crippen LogP contribution in [-0.4, -0.2) is 36.9 Å². The number of benzene rings is 2. The molecule has 0 spiro atoms. The van der Waals surface area contributed by atoms with Crippen LogP contribution in [0.1, 0.15) is 34.2 Å². The van der Waals surface area contributed by atoms with Crippen molar-refractivity contribution in [2.75, 3.05) is 18.1 Å². The molecule has 3 aromatic rings. The number of ketones is 1. The second-order valence-corrected chi connectivity index (χ2v) is 10.6. The number of nitrogens with zero attached hydrogens (tertiary/aromatic N) is 1. The molecule has 1 saturated heterocycles. The summed E-state index contributed by atoms with van der Waals surface area (Å²) >= 11 is 6.38. The molecule has 0 saturated carbocycles. The minimum Gasteiger partial charge on any atom is -0.484 e. The molecule has 1 atom stereocenters. The summed E-state index contributed by atoms with van der Waals surface area (Å²) in [6.45, 7) is 3.61. The molecule has 1 fully saturated rings. The summed E-state index contributed by atoms with van der Waals surface area (Å²) < 4.78 is 31.4. The Morgan fingerprint density at radius 3 is 2.48 bits per heavy atom. The van der Waals surface area contributed by atoms with Crippen LogP contribution in [0, 0.1) is 13.8 Å². The Balaban J connectivity index is 1.48. The van der Waals surface area contributed by atoms with Crippen LogP contribution in [0.25, 0.3) is 11.1 Å². The quantitative estimate of drug-likeness (QED) is 0.486. The van der Waals surface area contributed by atoms with Gasteiger partial charge in [-0.2, -0.15) is 0 Å². The van der Waals surface area contributed by atoms with E-state index in [0.717, 1.165) is 22.5 Å². The summed E-state index contributed by atoms with van der Waals surface area (Å²) in [4.78, 5) is 12.8. The van der Waals surface area contributed by atoms with E-state index in [0.29, 0.717) is 22.8 Å². The fraction of sp³-hybridized carbons (Fsp3) is 0.292. The molecule has 0 aliphatic carbocycles. The topological polar surface area (TPSA) is 65.4 Å². The standard InChI is InChI=1S/C24H24ClNO4S/c1-16-12-21(17(2)26(16)20-10-11-31(28,29)15-20)23(27)14-30-24-9-8-19(13-22(24)25)18-6-4-3-5-7-18/h3-9,12-13,20H,10-11,14-15H2,1-2H3/t20-/m0/s1. The van der Waals surface area contributed by atoms with Crippen LogP contribution in [0.4, 0.5) is 0 Å². The zero-order valence-corrected chi connectivity index (χ0v) is 19.0. The molecule has 0 bridgehead atoms. The third kappa shape index (κ3) is 4.55. The fourth-order valence-electron chi connectivity index (χ4n) is 4.25. The highest BCUT2D eigenvalue weighted by Crippen LogP contribution is 2.32. The molecule has 1 aliphatic rings. The zero-order valence-electron chi connectivity index (χ0n) is 17.5. The molecule has 4 rings (SSSR count). The lowest BCUT2D eigenvalue weighted by atomic mass is 10.1. The van der Waals surface area contributed by atoms with Gasteiger partial charge in [-0.25, -0.2) is 8.42 Å². The van der Waals surface area contributed by atoms with Crippen molar-refractivity contribution < 1.29 is 17.9 Å². The Kier molecular flexibility index (Phi) is 5.95. The molecule has 0 radical (unpaired) electrons. The van der Waals surface area contributed by atoms with E-state index in [9.17, 15) is 13.2 Å². The molecule has 162 valence electrons. The Morgan fingerprint density at radius 1 is 1.10 bits per heavy atom. The van der Waals surface area contributed by atoms with Gasteiger partial charge in [-0.05, 0) is 49.6 Å². The van der Waals surface area contributed by atoms with Gasteiger partial charge < -0.3 is 9.30 Å². The van der Waals surface area contributed by atoms with Crippen LogP contribution in [-0.2, 0) is 9.84 Å². The van der Waals surface area contributed by atoms with Crippen molar-refractivity contribution in [1.29, 1.82) is 0 Å². The van der Waals surface area contributed by atoms with Crippen molar-refractivity contribution in [2.45, 2.75) is 26.3 Å². The summed E-state index contributed by atoms with van der Waals surface area (Å²) in [5.74, 6) is 0.601. The lowest BCUT2D eigenvalue weighted by Crippen LogP contribution is -2.16. The van der Waals surface area contributed by atoms with Gasteiger partial charge in [0, 0.05) is 23.0 Å². The van der Waals surface area contributed by atoms with Crippen LogP contribution in [0.2, 0.25) is 5.02 Å². The van der Waals surface area contributed by atoms with Gasteiger partial charge in [-0.1, -0.05) is 48.0 Å². The molecule has 2 heterocycles. The van der Waals surface area contributed by atoms with Gasteiger partial charge in [-0.15, -0.1) is 0 Å². The summed E-state index contributed by atoms with van der Waals surface area (Å²) in [5.41, 5.74) is 4.23. The van der Waals surface area contributed by atoms with Crippen LogP contribution in [0.3, 0.4) is 0 Å². The van der Waals surface area contributed by atoms with Crippen LogP contribution in [0.15, 0.2) is 54.6 Å². The summed E-state index contributed by atoms with van der Waals surface area (Å²) in [6.07, 6.45) is 0.576.